The number of oxazole rings is 1. The van der Waals surface area contributed by atoms with E-state index in [1.807, 2.05) is 13.0 Å². The van der Waals surface area contributed by atoms with Gasteiger partial charge in [0.05, 0.1) is 22.1 Å². The molecule has 0 fully saturated rings. The molecule has 0 bridgehead atoms. The van der Waals surface area contributed by atoms with Crippen LogP contribution in [0.25, 0.3) is 11.1 Å². The molecule has 1 atom stereocenters. The summed E-state index contributed by atoms with van der Waals surface area (Å²) in [6, 6.07) is 9.33. The van der Waals surface area contributed by atoms with Crippen LogP contribution in [0.1, 0.15) is 25.1 Å². The lowest BCUT2D eigenvalue weighted by Gasteiger charge is -2.26. The fourth-order valence-corrected chi connectivity index (χ4v) is 4.08. The topological polar surface area (TPSA) is 96.3 Å². The van der Waals surface area contributed by atoms with Gasteiger partial charge in [0, 0.05) is 13.2 Å². The van der Waals surface area contributed by atoms with Gasteiger partial charge in [-0.05, 0) is 36.8 Å². The van der Waals surface area contributed by atoms with Crippen LogP contribution in [-0.2, 0) is 10.0 Å². The first-order chi connectivity index (χ1) is 11.4. The van der Waals surface area contributed by atoms with E-state index in [2.05, 4.69) is 9.97 Å². The molecule has 3 aromatic rings. The van der Waals surface area contributed by atoms with Crippen LogP contribution in [0.5, 0.6) is 0 Å². The minimum atomic E-state index is -3.75. The summed E-state index contributed by atoms with van der Waals surface area (Å²) in [6.07, 6.45) is 2.22. The molecule has 2 heterocycles. The molecule has 0 amide bonds. The molecule has 1 aromatic carbocycles. The molecule has 7 nitrogen and oxygen atoms in total. The molecule has 0 saturated heterocycles. The lowest BCUT2D eigenvalue weighted by atomic mass is 10.1. The third-order valence-corrected chi connectivity index (χ3v) is 5.78. The van der Waals surface area contributed by atoms with Gasteiger partial charge in [0.25, 0.3) is 0 Å². The highest BCUT2D eigenvalue weighted by molar-refractivity contribution is 7.89. The van der Waals surface area contributed by atoms with E-state index in [0.717, 1.165) is 0 Å². The van der Waals surface area contributed by atoms with Gasteiger partial charge in [0.15, 0.2) is 5.58 Å². The second-order valence-electron chi connectivity index (χ2n) is 5.37. The Kier molecular flexibility index (Phi) is 4.25. The summed E-state index contributed by atoms with van der Waals surface area (Å²) in [5.74, 6) is -0.618. The number of rotatable bonds is 5. The Bertz CT molecular complexity index is 1010. The second-order valence-corrected chi connectivity index (χ2v) is 7.37. The first-order valence-electron chi connectivity index (χ1n) is 7.45. The van der Waals surface area contributed by atoms with Crippen LogP contribution in [0.15, 0.2) is 56.7 Å². The minimum absolute atomic E-state index is 0.0870. The van der Waals surface area contributed by atoms with Gasteiger partial charge >= 0.3 is 5.76 Å². The van der Waals surface area contributed by atoms with E-state index in [1.54, 1.807) is 18.3 Å². The normalized spacial score (nSPS) is 13.5. The molecular weight excluding hydrogens is 330 g/mol. The van der Waals surface area contributed by atoms with E-state index in [9.17, 15) is 13.2 Å². The number of aromatic amines is 1. The van der Waals surface area contributed by atoms with Gasteiger partial charge in [0.2, 0.25) is 10.0 Å². The zero-order valence-corrected chi connectivity index (χ0v) is 14.1. The number of H-pyrrole nitrogens is 1. The summed E-state index contributed by atoms with van der Waals surface area (Å²) in [5.41, 5.74) is 1.35. The lowest BCUT2D eigenvalue weighted by molar-refractivity contribution is 0.360. The molecule has 3 rings (SSSR count). The number of fused-ring (bicyclic) bond motifs is 1. The monoisotopic (exact) mass is 347 g/mol. The van der Waals surface area contributed by atoms with Crippen molar-refractivity contribution in [2.75, 3.05) is 7.05 Å². The number of sulfonamides is 1. The summed E-state index contributed by atoms with van der Waals surface area (Å²) in [7, 11) is -2.22. The van der Waals surface area contributed by atoms with Crippen molar-refractivity contribution >= 4 is 21.1 Å². The summed E-state index contributed by atoms with van der Waals surface area (Å²) < 4.78 is 32.1. The quantitative estimate of drug-likeness (QED) is 0.764. The van der Waals surface area contributed by atoms with Crippen LogP contribution in [0, 0.1) is 0 Å². The van der Waals surface area contributed by atoms with Gasteiger partial charge in [-0.1, -0.05) is 13.0 Å². The predicted molar refractivity (Wildman–Crippen MR) is 89.1 cm³/mol. The smallest absolute Gasteiger partial charge is 0.408 e. The van der Waals surface area contributed by atoms with Gasteiger partial charge in [-0.25, -0.2) is 13.2 Å². The average Bonchev–Trinajstić information content (AvgIpc) is 2.95. The Balaban J connectivity index is 2.02. The van der Waals surface area contributed by atoms with Crippen molar-refractivity contribution in [1.82, 2.24) is 14.3 Å². The molecule has 1 N–H and O–H groups in total. The molecular formula is C16H17N3O4S. The largest absolute Gasteiger partial charge is 0.417 e. The van der Waals surface area contributed by atoms with Crippen LogP contribution in [0.2, 0.25) is 0 Å². The summed E-state index contributed by atoms with van der Waals surface area (Å²) in [4.78, 5) is 18.0. The Morgan fingerprint density at radius 2 is 2.08 bits per heavy atom. The third-order valence-electron chi connectivity index (χ3n) is 3.92. The van der Waals surface area contributed by atoms with E-state index in [1.165, 1.54) is 29.6 Å². The maximum absolute atomic E-state index is 12.9. The first kappa shape index (κ1) is 16.4. The lowest BCUT2D eigenvalue weighted by Crippen LogP contribution is -2.31. The van der Waals surface area contributed by atoms with Crippen LogP contribution in [0.4, 0.5) is 0 Å². The highest BCUT2D eigenvalue weighted by Crippen LogP contribution is 2.28. The molecule has 24 heavy (non-hydrogen) atoms. The number of aromatic nitrogens is 2. The molecule has 0 saturated carbocycles. The molecule has 0 spiro atoms. The SMILES string of the molecule is CCC(c1ccccn1)N(C)S(=O)(=O)c1ccc2oc(=O)[nH]c2c1. The van der Waals surface area contributed by atoms with Crippen molar-refractivity contribution in [3.63, 3.8) is 0 Å². The third kappa shape index (κ3) is 2.85. The van der Waals surface area contributed by atoms with E-state index < -0.39 is 15.8 Å². The molecule has 0 aliphatic carbocycles. The number of hydrogen-bond acceptors (Lipinski definition) is 5. The van der Waals surface area contributed by atoms with E-state index in [0.29, 0.717) is 23.2 Å². The van der Waals surface area contributed by atoms with Gasteiger partial charge in [0.1, 0.15) is 0 Å². The molecule has 0 aliphatic rings. The Labute approximate surface area is 139 Å². The number of nitrogens with one attached hydrogen (secondary N) is 1. The molecule has 0 aliphatic heterocycles. The second kappa shape index (κ2) is 6.21. The van der Waals surface area contributed by atoms with Crippen LogP contribution >= 0.6 is 0 Å². The van der Waals surface area contributed by atoms with Crippen molar-refractivity contribution < 1.29 is 12.8 Å². The fourth-order valence-electron chi connectivity index (χ4n) is 2.65. The van der Waals surface area contributed by atoms with E-state index >= 15 is 0 Å². The van der Waals surface area contributed by atoms with Crippen molar-refractivity contribution in [3.05, 3.63) is 58.8 Å². The number of hydrogen-bond donors (Lipinski definition) is 1. The van der Waals surface area contributed by atoms with Crippen molar-refractivity contribution in [1.29, 1.82) is 0 Å². The highest BCUT2D eigenvalue weighted by Gasteiger charge is 2.29. The van der Waals surface area contributed by atoms with Crippen LogP contribution < -0.4 is 5.76 Å². The molecule has 0 radical (unpaired) electrons. The maximum Gasteiger partial charge on any atom is 0.417 e. The standard InChI is InChI=1S/C16H17N3O4S/c1-3-14(12-6-4-5-9-17-12)19(2)24(21,22)11-7-8-15-13(10-11)18-16(20)23-15/h4-10,14H,3H2,1-2H3,(H,18,20). The van der Waals surface area contributed by atoms with Gasteiger partial charge in [-0.3, -0.25) is 9.97 Å². The number of nitrogens with zero attached hydrogens (tertiary/aromatic N) is 2. The van der Waals surface area contributed by atoms with E-state index in [4.69, 9.17) is 4.42 Å². The number of pyridine rings is 1. The van der Waals surface area contributed by atoms with Crippen LogP contribution in [-0.4, -0.2) is 29.7 Å². The van der Waals surface area contributed by atoms with Gasteiger partial charge in [-0.2, -0.15) is 4.31 Å². The Morgan fingerprint density at radius 1 is 1.29 bits per heavy atom. The average molecular weight is 347 g/mol. The van der Waals surface area contributed by atoms with E-state index in [-0.39, 0.29) is 10.9 Å². The molecule has 2 aromatic heterocycles. The zero-order chi connectivity index (χ0) is 17.3. The highest BCUT2D eigenvalue weighted by atomic mass is 32.2. The first-order valence-corrected chi connectivity index (χ1v) is 8.89. The summed E-state index contributed by atoms with van der Waals surface area (Å²) in [6.45, 7) is 1.90. The van der Waals surface area contributed by atoms with Gasteiger partial charge in [-0.15, -0.1) is 0 Å². The molecule has 126 valence electrons. The van der Waals surface area contributed by atoms with Crippen molar-refractivity contribution in [2.45, 2.75) is 24.3 Å². The van der Waals surface area contributed by atoms with Crippen molar-refractivity contribution in [2.24, 2.45) is 0 Å². The summed E-state index contributed by atoms with van der Waals surface area (Å²) in [5, 5.41) is 0. The fraction of sp³-hybridized carbons (Fsp3) is 0.250. The minimum Gasteiger partial charge on any atom is -0.408 e. The van der Waals surface area contributed by atoms with Crippen molar-refractivity contribution in [3.8, 4) is 0 Å². The van der Waals surface area contributed by atoms with Crippen LogP contribution in [0.3, 0.4) is 0 Å². The zero-order valence-electron chi connectivity index (χ0n) is 13.3. The summed E-state index contributed by atoms with van der Waals surface area (Å²) >= 11 is 0. The Morgan fingerprint density at radius 3 is 2.75 bits per heavy atom. The van der Waals surface area contributed by atoms with Gasteiger partial charge < -0.3 is 4.42 Å². The molecule has 1 unspecified atom stereocenters. The number of benzene rings is 1. The Hall–Kier alpha value is -2.45. The molecule has 8 heteroatoms. The predicted octanol–water partition coefficient (Wildman–Crippen LogP) is 2.29. The maximum atomic E-state index is 12.9.